The number of likely N-dealkylation sites (tertiary alicyclic amines) is 1. The minimum absolute atomic E-state index is 0.0274. The summed E-state index contributed by atoms with van der Waals surface area (Å²) in [7, 11) is 0. The third-order valence-corrected chi connectivity index (χ3v) is 16.6. The number of esters is 2. The van der Waals surface area contributed by atoms with Crippen LogP contribution in [0.25, 0.3) is 0 Å². The minimum atomic E-state index is -1.18. The number of nitrogens with one attached hydrogen (secondary N) is 1. The molecule has 0 radical (unpaired) electrons. The van der Waals surface area contributed by atoms with Crippen molar-refractivity contribution in [3.05, 3.63) is 0 Å². The first-order valence-electron chi connectivity index (χ1n) is 32.4. The summed E-state index contributed by atoms with van der Waals surface area (Å²) < 4.78 is 44.1. The fourth-order valence-corrected chi connectivity index (χ4v) is 11.2. The Bertz CT molecular complexity index is 1680. The third-order valence-electron chi connectivity index (χ3n) is 14.2. The zero-order chi connectivity index (χ0) is 61.4. The highest BCUT2D eigenvalue weighted by Crippen LogP contribution is 2.28. The van der Waals surface area contributed by atoms with Crippen LogP contribution in [0.2, 0.25) is 0 Å². The summed E-state index contributed by atoms with van der Waals surface area (Å²) in [6.45, 7) is 9.03. The van der Waals surface area contributed by atoms with E-state index in [1.54, 1.807) is 0 Å². The maximum Gasteiger partial charge on any atom is 0.306 e. The second-order valence-electron chi connectivity index (χ2n) is 21.7. The molecule has 20 nitrogen and oxygen atoms in total. The van der Waals surface area contributed by atoms with Gasteiger partial charge in [-0.1, -0.05) is 168 Å². The summed E-state index contributed by atoms with van der Waals surface area (Å²) in [4.78, 5) is 89.9. The molecule has 0 spiro atoms. The second-order valence-corrected chi connectivity index (χ2v) is 24.2. The largest absolute Gasteiger partial charge is 0.462 e. The molecule has 1 fully saturated rings. The van der Waals surface area contributed by atoms with Crippen LogP contribution in [0.4, 0.5) is 0 Å². The SMILES string of the molecule is CCCCCCCCCCCCCCCC(=O)OCC(CSCC(N)C(=O)C(N)SC1CC(=O)N(CCC(=O)NCCOCCOCCOCCOCCOCCOCCC(=O)CN)C1=O)OC(=O)CCCCCCCCCCCCCCC. The molecular formula is C62H115N5O15S2. The standard InChI is InChI=1S/C62H115N5O15S2/c1-3-5-7-9-11-13-15-17-19-21-23-25-27-29-58(71)81-49-53(82-59(72)30-28-26-24-22-20-18-16-14-12-10-8-6-4-2)50-83-51-54(64)60(73)61(65)84-55-47-57(70)67(62(55)74)34-31-56(69)66-33-36-76-38-40-78-42-44-80-46-45-79-43-41-77-39-37-75-35-32-52(68)48-63/h53-55,61H,3-51,63-65H2,1-2H3,(H,66,69). The fourth-order valence-electron chi connectivity index (χ4n) is 9.10. The minimum Gasteiger partial charge on any atom is -0.462 e. The van der Waals surface area contributed by atoms with Gasteiger partial charge < -0.3 is 60.4 Å². The van der Waals surface area contributed by atoms with Crippen molar-refractivity contribution in [1.29, 1.82) is 0 Å². The number of rotatable bonds is 64. The van der Waals surface area contributed by atoms with Crippen molar-refractivity contribution in [2.24, 2.45) is 17.2 Å². The number of carbonyl (C=O) groups excluding carboxylic acids is 7. The van der Waals surface area contributed by atoms with Gasteiger partial charge in [0.2, 0.25) is 17.7 Å². The van der Waals surface area contributed by atoms with E-state index in [1.807, 2.05) is 0 Å². The predicted octanol–water partition coefficient (Wildman–Crippen LogP) is 8.70. The van der Waals surface area contributed by atoms with Crippen LogP contribution in [0.1, 0.15) is 213 Å². The summed E-state index contributed by atoms with van der Waals surface area (Å²) in [5.41, 5.74) is 17.8. The molecule has 4 unspecified atom stereocenters. The molecule has 0 aromatic carbocycles. The maximum atomic E-state index is 13.3. The van der Waals surface area contributed by atoms with E-state index in [1.165, 1.54) is 134 Å². The van der Waals surface area contributed by atoms with E-state index in [4.69, 9.17) is 55.1 Å². The van der Waals surface area contributed by atoms with Gasteiger partial charge in [0.25, 0.3) is 0 Å². The van der Waals surface area contributed by atoms with Gasteiger partial charge in [0.15, 0.2) is 5.78 Å². The zero-order valence-electron chi connectivity index (χ0n) is 52.1. The lowest BCUT2D eigenvalue weighted by Gasteiger charge is -2.20. The van der Waals surface area contributed by atoms with E-state index in [-0.39, 0.29) is 87.2 Å². The number of amides is 3. The zero-order valence-corrected chi connectivity index (χ0v) is 53.7. The molecule has 0 saturated carbocycles. The van der Waals surface area contributed by atoms with Crippen LogP contribution in [-0.2, 0) is 71.5 Å². The fraction of sp³-hybridized carbons (Fsp3) is 0.887. The van der Waals surface area contributed by atoms with Crippen molar-refractivity contribution < 1.29 is 71.5 Å². The lowest BCUT2D eigenvalue weighted by atomic mass is 10.0. The predicted molar refractivity (Wildman–Crippen MR) is 334 cm³/mol. The van der Waals surface area contributed by atoms with Gasteiger partial charge in [-0.15, -0.1) is 11.8 Å². The van der Waals surface area contributed by atoms with Crippen LogP contribution in [0.3, 0.4) is 0 Å². The first-order valence-corrected chi connectivity index (χ1v) is 34.4. The first-order chi connectivity index (χ1) is 40.9. The van der Waals surface area contributed by atoms with Gasteiger partial charge in [0.1, 0.15) is 23.9 Å². The smallest absolute Gasteiger partial charge is 0.306 e. The van der Waals surface area contributed by atoms with E-state index >= 15 is 0 Å². The van der Waals surface area contributed by atoms with Gasteiger partial charge in [0.05, 0.1) is 97.1 Å². The number of ether oxygens (including phenoxy) is 8. The number of thioether (sulfide) groups is 2. The number of Topliss-reactive ketones (excluding diaryl/α,β-unsaturated/α-hetero) is 2. The average Bonchev–Trinajstić information content (AvgIpc) is 3.61. The molecule has 3 amide bonds. The number of unbranched alkanes of at least 4 members (excludes halogenated alkanes) is 24. The molecule has 0 aliphatic carbocycles. The number of hydrogen-bond acceptors (Lipinski definition) is 20. The van der Waals surface area contributed by atoms with Gasteiger partial charge in [-0.2, -0.15) is 11.8 Å². The monoisotopic (exact) mass is 1230 g/mol. The Morgan fingerprint density at radius 1 is 0.536 bits per heavy atom. The van der Waals surface area contributed by atoms with E-state index in [0.717, 1.165) is 61.6 Å². The highest BCUT2D eigenvalue weighted by atomic mass is 32.2. The van der Waals surface area contributed by atoms with E-state index in [0.29, 0.717) is 85.5 Å². The van der Waals surface area contributed by atoms with E-state index < -0.39 is 40.4 Å². The Morgan fingerprint density at radius 3 is 1.40 bits per heavy atom. The van der Waals surface area contributed by atoms with Gasteiger partial charge in [-0.3, -0.25) is 38.5 Å². The number of imide groups is 1. The van der Waals surface area contributed by atoms with Crippen molar-refractivity contribution in [2.45, 2.75) is 236 Å². The summed E-state index contributed by atoms with van der Waals surface area (Å²) in [5.74, 6) is -2.16. The normalized spacial score (nSPS) is 14.5. The van der Waals surface area contributed by atoms with Crippen LogP contribution in [0, 0.1) is 0 Å². The molecule has 1 aliphatic heterocycles. The molecule has 7 N–H and O–H groups in total. The summed E-state index contributed by atoms with van der Waals surface area (Å²) in [6, 6.07) is -1.01. The van der Waals surface area contributed by atoms with Gasteiger partial charge in [0, 0.05) is 56.7 Å². The molecule has 1 heterocycles. The number of carbonyl (C=O) groups is 7. The number of hydrogen-bond donors (Lipinski definition) is 4. The number of ketones is 2. The molecule has 4 atom stereocenters. The summed E-state index contributed by atoms with van der Waals surface area (Å²) in [5, 5.41) is 0.635. The lowest BCUT2D eigenvalue weighted by Crippen LogP contribution is -2.44. The molecule has 22 heteroatoms. The summed E-state index contributed by atoms with van der Waals surface area (Å²) in [6.07, 6.45) is 31.2. The molecule has 0 aromatic rings. The van der Waals surface area contributed by atoms with Crippen molar-refractivity contribution in [3.8, 4) is 0 Å². The average molecular weight is 1230 g/mol. The Balaban J connectivity index is 2.36. The molecule has 0 aromatic heterocycles. The highest BCUT2D eigenvalue weighted by molar-refractivity contribution is 8.02. The molecule has 1 saturated heterocycles. The van der Waals surface area contributed by atoms with Crippen LogP contribution < -0.4 is 22.5 Å². The van der Waals surface area contributed by atoms with Crippen LogP contribution >= 0.6 is 23.5 Å². The third kappa shape index (κ3) is 47.3. The Kier molecular flexibility index (Phi) is 54.7. The quantitative estimate of drug-likeness (QED) is 0.0192. The van der Waals surface area contributed by atoms with Gasteiger partial charge >= 0.3 is 11.9 Å². The van der Waals surface area contributed by atoms with Gasteiger partial charge in [-0.05, 0) is 12.8 Å². The second kappa shape index (κ2) is 57.9. The van der Waals surface area contributed by atoms with Gasteiger partial charge in [-0.25, -0.2) is 0 Å². The summed E-state index contributed by atoms with van der Waals surface area (Å²) >= 11 is 2.16. The Morgan fingerprint density at radius 2 is 0.952 bits per heavy atom. The molecule has 0 bridgehead atoms. The molecular weight excluding hydrogens is 1120 g/mol. The maximum absolute atomic E-state index is 13.3. The highest BCUT2D eigenvalue weighted by Gasteiger charge is 2.41. The molecule has 84 heavy (non-hydrogen) atoms. The van der Waals surface area contributed by atoms with E-state index in [2.05, 4.69) is 19.2 Å². The molecule has 490 valence electrons. The van der Waals surface area contributed by atoms with Crippen molar-refractivity contribution in [3.63, 3.8) is 0 Å². The lowest BCUT2D eigenvalue weighted by molar-refractivity contribution is -0.157. The van der Waals surface area contributed by atoms with Crippen molar-refractivity contribution in [1.82, 2.24) is 10.2 Å². The molecule has 1 rings (SSSR count). The van der Waals surface area contributed by atoms with E-state index in [9.17, 15) is 33.6 Å². The van der Waals surface area contributed by atoms with Crippen LogP contribution in [0.15, 0.2) is 0 Å². The Hall–Kier alpha value is -2.77. The van der Waals surface area contributed by atoms with Crippen LogP contribution in [0.5, 0.6) is 0 Å². The number of nitrogens with two attached hydrogens (primary N) is 3. The van der Waals surface area contributed by atoms with Crippen molar-refractivity contribution in [2.75, 3.05) is 117 Å². The van der Waals surface area contributed by atoms with Crippen molar-refractivity contribution >= 4 is 64.8 Å². The Labute approximate surface area is 514 Å². The van der Waals surface area contributed by atoms with Crippen LogP contribution in [-0.4, -0.2) is 186 Å². The first kappa shape index (κ1) is 79.2. The topological polar surface area (TPSA) is 287 Å². The molecule has 1 aliphatic rings. The number of nitrogens with zero attached hydrogens (tertiary/aromatic N) is 1.